The van der Waals surface area contributed by atoms with Crippen LogP contribution in [0.2, 0.25) is 0 Å². The van der Waals surface area contributed by atoms with Crippen molar-refractivity contribution in [2.24, 2.45) is 0 Å². The first-order valence-corrected chi connectivity index (χ1v) is 8.68. The number of benzene rings is 1. The summed E-state index contributed by atoms with van der Waals surface area (Å²) >= 11 is 0. The van der Waals surface area contributed by atoms with Gasteiger partial charge in [0.1, 0.15) is 18.1 Å². The van der Waals surface area contributed by atoms with E-state index < -0.39 is 30.0 Å². The molecule has 7 heteroatoms. The first-order valence-electron chi connectivity index (χ1n) is 8.68. The Morgan fingerprint density at radius 2 is 1.80 bits per heavy atom. The lowest BCUT2D eigenvalue weighted by molar-refractivity contribution is -0.138. The molecule has 1 aromatic carbocycles. The van der Waals surface area contributed by atoms with Gasteiger partial charge in [0.15, 0.2) is 0 Å². The zero-order valence-corrected chi connectivity index (χ0v) is 14.0. The number of nitrogens with zero attached hydrogens (tertiary/aromatic N) is 1. The van der Waals surface area contributed by atoms with E-state index in [4.69, 9.17) is 5.11 Å². The molecule has 3 N–H and O–H groups in total. The Hall–Kier alpha value is -2.41. The third-order valence-electron chi connectivity index (χ3n) is 4.70. The predicted molar refractivity (Wildman–Crippen MR) is 90.9 cm³/mol. The molecule has 0 radical (unpaired) electrons. The molecule has 3 atom stereocenters. The molecular formula is C18H23N3O4. The van der Waals surface area contributed by atoms with E-state index in [9.17, 15) is 14.4 Å². The summed E-state index contributed by atoms with van der Waals surface area (Å²) in [5.74, 6) is -1.58. The van der Waals surface area contributed by atoms with Gasteiger partial charge in [-0.05, 0) is 24.8 Å². The summed E-state index contributed by atoms with van der Waals surface area (Å²) in [4.78, 5) is 37.9. The van der Waals surface area contributed by atoms with Crippen LogP contribution in [0.1, 0.15) is 24.8 Å². The average molecular weight is 345 g/mol. The first kappa shape index (κ1) is 17.4. The molecule has 2 amide bonds. The molecule has 0 saturated carbocycles. The first-order chi connectivity index (χ1) is 12.1. The maximum Gasteiger partial charge on any atom is 0.322 e. The molecule has 2 aliphatic rings. The van der Waals surface area contributed by atoms with Gasteiger partial charge in [0.05, 0.1) is 0 Å². The smallest absolute Gasteiger partial charge is 0.322 e. The molecule has 0 aliphatic carbocycles. The Morgan fingerprint density at radius 3 is 2.40 bits per heavy atom. The van der Waals surface area contributed by atoms with Crippen LogP contribution in [-0.2, 0) is 20.8 Å². The van der Waals surface area contributed by atoms with Gasteiger partial charge < -0.3 is 15.3 Å². The number of rotatable bonds is 6. The van der Waals surface area contributed by atoms with Gasteiger partial charge in [-0.15, -0.1) is 0 Å². The number of hydrogen-bond donors (Lipinski definition) is 3. The van der Waals surface area contributed by atoms with Crippen molar-refractivity contribution in [1.29, 1.82) is 0 Å². The number of nitrogens with one attached hydrogen (secondary N) is 2. The van der Waals surface area contributed by atoms with E-state index in [0.29, 0.717) is 19.5 Å². The molecule has 134 valence electrons. The van der Waals surface area contributed by atoms with Crippen molar-refractivity contribution in [2.75, 3.05) is 13.1 Å². The van der Waals surface area contributed by atoms with Gasteiger partial charge in [0.25, 0.3) is 0 Å². The van der Waals surface area contributed by atoms with Gasteiger partial charge >= 0.3 is 5.97 Å². The minimum Gasteiger partial charge on any atom is -0.480 e. The minimum absolute atomic E-state index is 0.0931. The van der Waals surface area contributed by atoms with Crippen molar-refractivity contribution in [1.82, 2.24) is 15.5 Å². The molecule has 1 aromatic rings. The molecule has 0 aromatic heterocycles. The zero-order valence-electron chi connectivity index (χ0n) is 14.0. The topological polar surface area (TPSA) is 109 Å². The van der Waals surface area contributed by atoms with E-state index in [0.717, 1.165) is 24.8 Å². The van der Waals surface area contributed by atoms with Crippen LogP contribution >= 0.6 is 0 Å². The lowest BCUT2D eigenvalue weighted by atomic mass is 10.0. The fourth-order valence-electron chi connectivity index (χ4n) is 3.22. The molecule has 2 saturated heterocycles. The van der Waals surface area contributed by atoms with E-state index in [1.165, 1.54) is 0 Å². The Balaban J connectivity index is 1.68. The highest BCUT2D eigenvalue weighted by Crippen LogP contribution is 2.15. The van der Waals surface area contributed by atoms with Crippen molar-refractivity contribution in [3.63, 3.8) is 0 Å². The van der Waals surface area contributed by atoms with Crippen LogP contribution in [0.4, 0.5) is 0 Å². The highest BCUT2D eigenvalue weighted by atomic mass is 16.4. The van der Waals surface area contributed by atoms with Crippen LogP contribution in [-0.4, -0.2) is 59.0 Å². The van der Waals surface area contributed by atoms with E-state index in [1.807, 2.05) is 30.3 Å². The number of amides is 2. The maximum absolute atomic E-state index is 12.9. The molecule has 0 spiro atoms. The van der Waals surface area contributed by atoms with Gasteiger partial charge in [-0.2, -0.15) is 0 Å². The molecule has 3 rings (SSSR count). The number of carbonyl (C=O) groups is 3. The van der Waals surface area contributed by atoms with Crippen LogP contribution in [0.3, 0.4) is 0 Å². The van der Waals surface area contributed by atoms with Crippen LogP contribution in [0, 0.1) is 0 Å². The summed E-state index contributed by atoms with van der Waals surface area (Å²) in [6, 6.07) is 7.22. The second-order valence-corrected chi connectivity index (χ2v) is 6.60. The van der Waals surface area contributed by atoms with Gasteiger partial charge in [-0.1, -0.05) is 30.3 Å². The van der Waals surface area contributed by atoms with Crippen molar-refractivity contribution in [2.45, 2.75) is 43.8 Å². The molecular weight excluding hydrogens is 322 g/mol. The van der Waals surface area contributed by atoms with Crippen LogP contribution in [0.5, 0.6) is 0 Å². The Labute approximate surface area is 146 Å². The predicted octanol–water partition coefficient (Wildman–Crippen LogP) is 0.151. The van der Waals surface area contributed by atoms with E-state index >= 15 is 0 Å². The third kappa shape index (κ3) is 4.36. The van der Waals surface area contributed by atoms with Gasteiger partial charge in [0, 0.05) is 19.5 Å². The van der Waals surface area contributed by atoms with Gasteiger partial charge in [-0.3, -0.25) is 19.7 Å². The fourth-order valence-corrected chi connectivity index (χ4v) is 3.22. The standard InChI is InChI=1S/C18H23N3O4/c22-16(14-15(20-14)18(24)25)19-13(11-12-7-3-1-4-8-12)17(23)21-9-5-2-6-10-21/h1,3-4,7-8,13-15,20H,2,5-6,9-11H2,(H,19,22)(H,24,25)/t13-,14-,15-/m0/s1. The van der Waals surface area contributed by atoms with Crippen LogP contribution in [0.15, 0.2) is 30.3 Å². The molecule has 2 heterocycles. The van der Waals surface area contributed by atoms with Crippen LogP contribution in [0.25, 0.3) is 0 Å². The lowest BCUT2D eigenvalue weighted by Crippen LogP contribution is -2.52. The summed E-state index contributed by atoms with van der Waals surface area (Å²) < 4.78 is 0. The van der Waals surface area contributed by atoms with Gasteiger partial charge in [0.2, 0.25) is 11.8 Å². The second kappa shape index (κ2) is 7.65. The largest absolute Gasteiger partial charge is 0.480 e. The molecule has 0 bridgehead atoms. The quantitative estimate of drug-likeness (QED) is 0.636. The molecule has 0 unspecified atom stereocenters. The number of aliphatic carboxylic acids is 1. The Morgan fingerprint density at radius 1 is 1.12 bits per heavy atom. The van der Waals surface area contributed by atoms with E-state index in [2.05, 4.69) is 10.6 Å². The van der Waals surface area contributed by atoms with Crippen molar-refractivity contribution < 1.29 is 19.5 Å². The summed E-state index contributed by atoms with van der Waals surface area (Å²) in [7, 11) is 0. The summed E-state index contributed by atoms with van der Waals surface area (Å²) in [6.07, 6.45) is 3.46. The Kier molecular flexibility index (Phi) is 5.33. The Bertz CT molecular complexity index is 643. The molecule has 2 fully saturated rings. The SMILES string of the molecule is O=C(O)[C@H]1N[C@@H]1C(=O)N[C@@H](Cc1ccccc1)C(=O)N1CCCCC1. The number of piperidine rings is 1. The van der Waals surface area contributed by atoms with Gasteiger partial charge in [-0.25, -0.2) is 0 Å². The highest BCUT2D eigenvalue weighted by molar-refractivity contribution is 5.97. The lowest BCUT2D eigenvalue weighted by Gasteiger charge is -2.31. The normalized spacial score (nSPS) is 23.6. The highest BCUT2D eigenvalue weighted by Gasteiger charge is 2.48. The summed E-state index contributed by atoms with van der Waals surface area (Å²) in [6.45, 7) is 1.42. The van der Waals surface area contributed by atoms with Crippen molar-refractivity contribution in [3.05, 3.63) is 35.9 Å². The van der Waals surface area contributed by atoms with Crippen molar-refractivity contribution >= 4 is 17.8 Å². The number of likely N-dealkylation sites (tertiary alicyclic amines) is 1. The van der Waals surface area contributed by atoms with Crippen LogP contribution < -0.4 is 10.6 Å². The number of carbonyl (C=O) groups excluding carboxylic acids is 2. The number of carboxylic acids is 1. The summed E-state index contributed by atoms with van der Waals surface area (Å²) in [5.41, 5.74) is 0.955. The minimum atomic E-state index is -1.05. The maximum atomic E-state index is 12.9. The fraction of sp³-hybridized carbons (Fsp3) is 0.500. The number of hydrogen-bond acceptors (Lipinski definition) is 4. The summed E-state index contributed by atoms with van der Waals surface area (Å²) in [5, 5.41) is 14.3. The third-order valence-corrected chi connectivity index (χ3v) is 4.70. The molecule has 2 aliphatic heterocycles. The zero-order chi connectivity index (χ0) is 17.8. The second-order valence-electron chi connectivity index (χ2n) is 6.60. The molecule has 7 nitrogen and oxygen atoms in total. The van der Waals surface area contributed by atoms with Crippen molar-refractivity contribution in [3.8, 4) is 0 Å². The average Bonchev–Trinajstić information content (AvgIpc) is 3.43. The van der Waals surface area contributed by atoms with E-state index in [1.54, 1.807) is 4.90 Å². The number of carboxylic acid groups (broad SMARTS) is 1. The van der Waals surface area contributed by atoms with E-state index in [-0.39, 0.29) is 5.91 Å². The monoisotopic (exact) mass is 345 g/mol. The molecule has 25 heavy (non-hydrogen) atoms.